The number of aromatic nitrogens is 1. The van der Waals surface area contributed by atoms with E-state index in [9.17, 15) is 4.79 Å². The number of hydrogen-bond acceptors (Lipinski definition) is 4. The number of thiazole rings is 1. The minimum Gasteiger partial charge on any atom is -0.481 e. The third kappa shape index (κ3) is 4.13. The molecule has 0 saturated carbocycles. The lowest BCUT2D eigenvalue weighted by Crippen LogP contribution is -2.30. The number of amides is 1. The van der Waals surface area contributed by atoms with Crippen molar-refractivity contribution < 1.29 is 9.53 Å². The number of nitrogens with one attached hydrogen (secondary N) is 1. The first-order valence-electron chi connectivity index (χ1n) is 7.35. The van der Waals surface area contributed by atoms with Gasteiger partial charge in [-0.15, -0.1) is 11.3 Å². The largest absolute Gasteiger partial charge is 0.481 e. The highest BCUT2D eigenvalue weighted by Crippen LogP contribution is 2.23. The van der Waals surface area contributed by atoms with E-state index in [0.717, 1.165) is 10.6 Å². The molecule has 3 rings (SSSR count). The molecule has 2 aromatic carbocycles. The maximum absolute atomic E-state index is 12.2. The minimum absolute atomic E-state index is 0.216. The molecular weight excluding hydrogens is 344 g/mol. The fourth-order valence-corrected chi connectivity index (χ4v) is 2.85. The average molecular weight is 359 g/mol. The summed E-state index contributed by atoms with van der Waals surface area (Å²) in [6, 6.07) is 14.5. The van der Waals surface area contributed by atoms with Crippen LogP contribution in [0.15, 0.2) is 60.1 Å². The van der Waals surface area contributed by atoms with Crippen LogP contribution >= 0.6 is 22.9 Å². The molecule has 1 N–H and O–H groups in total. The van der Waals surface area contributed by atoms with Gasteiger partial charge in [0.1, 0.15) is 10.8 Å². The van der Waals surface area contributed by atoms with Crippen LogP contribution in [0.5, 0.6) is 5.75 Å². The molecule has 24 heavy (non-hydrogen) atoms. The summed E-state index contributed by atoms with van der Waals surface area (Å²) in [5.41, 5.74) is 1.74. The van der Waals surface area contributed by atoms with Crippen molar-refractivity contribution in [3.8, 4) is 16.3 Å². The van der Waals surface area contributed by atoms with Crippen LogP contribution in [-0.4, -0.2) is 17.0 Å². The number of halogens is 1. The zero-order valence-corrected chi connectivity index (χ0v) is 14.5. The second kappa shape index (κ2) is 7.47. The molecule has 122 valence electrons. The fourth-order valence-electron chi connectivity index (χ4n) is 2.08. The Kier molecular flexibility index (Phi) is 5.13. The van der Waals surface area contributed by atoms with Crippen molar-refractivity contribution in [2.24, 2.45) is 0 Å². The van der Waals surface area contributed by atoms with Gasteiger partial charge in [-0.05, 0) is 55.5 Å². The molecule has 6 heteroatoms. The molecule has 0 fully saturated rings. The van der Waals surface area contributed by atoms with Crippen molar-refractivity contribution in [2.75, 3.05) is 5.32 Å². The Hall–Kier alpha value is -2.37. The lowest BCUT2D eigenvalue weighted by Gasteiger charge is -2.15. The van der Waals surface area contributed by atoms with E-state index >= 15 is 0 Å². The van der Waals surface area contributed by atoms with E-state index in [0.29, 0.717) is 16.5 Å². The summed E-state index contributed by atoms with van der Waals surface area (Å²) in [6.07, 6.45) is 1.15. The van der Waals surface area contributed by atoms with Crippen LogP contribution in [-0.2, 0) is 4.79 Å². The van der Waals surface area contributed by atoms with Crippen LogP contribution in [0.2, 0.25) is 5.02 Å². The van der Waals surface area contributed by atoms with Gasteiger partial charge < -0.3 is 10.1 Å². The van der Waals surface area contributed by atoms with Crippen LogP contribution in [0.3, 0.4) is 0 Å². The molecule has 0 aliphatic heterocycles. The molecule has 1 atom stereocenters. The van der Waals surface area contributed by atoms with Gasteiger partial charge in [-0.25, -0.2) is 4.98 Å². The predicted molar refractivity (Wildman–Crippen MR) is 97.7 cm³/mol. The second-order valence-corrected chi connectivity index (χ2v) is 6.45. The molecular formula is C18H15ClN2O2S. The Morgan fingerprint density at radius 1 is 1.17 bits per heavy atom. The lowest BCUT2D eigenvalue weighted by molar-refractivity contribution is -0.122. The van der Waals surface area contributed by atoms with Crippen molar-refractivity contribution in [1.29, 1.82) is 0 Å². The number of nitrogens with zero attached hydrogens (tertiary/aromatic N) is 1. The van der Waals surface area contributed by atoms with Crippen molar-refractivity contribution in [3.05, 3.63) is 65.1 Å². The summed E-state index contributed by atoms with van der Waals surface area (Å²) >= 11 is 7.40. The zero-order valence-electron chi connectivity index (χ0n) is 12.9. The lowest BCUT2D eigenvalue weighted by atomic mass is 10.2. The zero-order chi connectivity index (χ0) is 16.9. The maximum atomic E-state index is 12.2. The molecule has 0 bridgehead atoms. The topological polar surface area (TPSA) is 51.2 Å². The van der Waals surface area contributed by atoms with Crippen LogP contribution in [0.1, 0.15) is 6.92 Å². The predicted octanol–water partition coefficient (Wildman–Crippen LogP) is 4.87. The van der Waals surface area contributed by atoms with Gasteiger partial charge >= 0.3 is 0 Å². The SMILES string of the molecule is C[C@@H](Oc1ccc(Cl)cc1)C(=O)Nc1ccc(-c2nccs2)cc1. The molecule has 0 aliphatic carbocycles. The first kappa shape index (κ1) is 16.5. The molecule has 1 heterocycles. The highest BCUT2D eigenvalue weighted by atomic mass is 35.5. The Morgan fingerprint density at radius 2 is 1.88 bits per heavy atom. The van der Waals surface area contributed by atoms with Gasteiger partial charge in [-0.2, -0.15) is 0 Å². The van der Waals surface area contributed by atoms with Gasteiger partial charge in [-0.1, -0.05) is 11.6 Å². The number of ether oxygens (including phenoxy) is 1. The highest BCUT2D eigenvalue weighted by Gasteiger charge is 2.15. The highest BCUT2D eigenvalue weighted by molar-refractivity contribution is 7.13. The fraction of sp³-hybridized carbons (Fsp3) is 0.111. The van der Waals surface area contributed by atoms with Crippen molar-refractivity contribution >= 4 is 34.5 Å². The second-order valence-electron chi connectivity index (χ2n) is 5.12. The normalized spacial score (nSPS) is 11.8. The molecule has 0 spiro atoms. The number of anilines is 1. The summed E-state index contributed by atoms with van der Waals surface area (Å²) in [5.74, 6) is 0.383. The summed E-state index contributed by atoms with van der Waals surface area (Å²) in [7, 11) is 0. The standard InChI is InChI=1S/C18H15ClN2O2S/c1-12(23-16-8-4-14(19)5-9-16)17(22)21-15-6-2-13(3-7-15)18-20-10-11-24-18/h2-12H,1H3,(H,21,22)/t12-/m1/s1. The Bertz CT molecular complexity index is 802. The molecule has 1 aromatic heterocycles. The van der Waals surface area contributed by atoms with E-state index in [1.807, 2.05) is 29.6 Å². The summed E-state index contributed by atoms with van der Waals surface area (Å²) in [6.45, 7) is 1.70. The van der Waals surface area contributed by atoms with Gasteiger partial charge in [0.25, 0.3) is 5.91 Å². The van der Waals surface area contributed by atoms with Crippen molar-refractivity contribution in [2.45, 2.75) is 13.0 Å². The molecule has 1 amide bonds. The Balaban J connectivity index is 1.60. The summed E-state index contributed by atoms with van der Waals surface area (Å²) in [4.78, 5) is 16.5. The minimum atomic E-state index is -0.621. The van der Waals surface area contributed by atoms with Crippen LogP contribution in [0, 0.1) is 0 Å². The van der Waals surface area contributed by atoms with E-state index in [2.05, 4.69) is 10.3 Å². The summed E-state index contributed by atoms with van der Waals surface area (Å²) < 4.78 is 5.61. The molecule has 0 unspecified atom stereocenters. The van der Waals surface area contributed by atoms with Crippen LogP contribution < -0.4 is 10.1 Å². The molecule has 0 saturated heterocycles. The van der Waals surface area contributed by atoms with Gasteiger partial charge in [0.15, 0.2) is 6.10 Å². The van der Waals surface area contributed by atoms with Gasteiger partial charge in [-0.3, -0.25) is 4.79 Å². The van der Waals surface area contributed by atoms with Gasteiger partial charge in [0.2, 0.25) is 0 Å². The number of benzene rings is 2. The van der Waals surface area contributed by atoms with E-state index in [4.69, 9.17) is 16.3 Å². The Labute approximate surface area is 149 Å². The monoisotopic (exact) mass is 358 g/mol. The molecule has 3 aromatic rings. The molecule has 0 radical (unpaired) electrons. The number of hydrogen-bond donors (Lipinski definition) is 1. The van der Waals surface area contributed by atoms with E-state index in [1.54, 1.807) is 48.7 Å². The number of rotatable bonds is 5. The molecule has 4 nitrogen and oxygen atoms in total. The smallest absolute Gasteiger partial charge is 0.265 e. The number of carbonyl (C=O) groups excluding carboxylic acids is 1. The quantitative estimate of drug-likeness (QED) is 0.707. The van der Waals surface area contributed by atoms with Gasteiger partial charge in [0.05, 0.1) is 0 Å². The van der Waals surface area contributed by atoms with Crippen LogP contribution in [0.25, 0.3) is 10.6 Å². The average Bonchev–Trinajstić information content (AvgIpc) is 3.12. The summed E-state index contributed by atoms with van der Waals surface area (Å²) in [5, 5.41) is 6.35. The van der Waals surface area contributed by atoms with Gasteiger partial charge in [0, 0.05) is 27.9 Å². The van der Waals surface area contributed by atoms with Crippen molar-refractivity contribution in [1.82, 2.24) is 4.98 Å². The first-order chi connectivity index (χ1) is 11.6. The number of carbonyl (C=O) groups is 1. The van der Waals surface area contributed by atoms with E-state index < -0.39 is 6.10 Å². The third-order valence-electron chi connectivity index (χ3n) is 3.33. The maximum Gasteiger partial charge on any atom is 0.265 e. The van der Waals surface area contributed by atoms with E-state index in [1.165, 1.54) is 0 Å². The van der Waals surface area contributed by atoms with Crippen LogP contribution in [0.4, 0.5) is 5.69 Å². The third-order valence-corrected chi connectivity index (χ3v) is 4.40. The Morgan fingerprint density at radius 3 is 2.50 bits per heavy atom. The van der Waals surface area contributed by atoms with E-state index in [-0.39, 0.29) is 5.91 Å². The molecule has 0 aliphatic rings. The first-order valence-corrected chi connectivity index (χ1v) is 8.60. The van der Waals surface area contributed by atoms with Crippen molar-refractivity contribution in [3.63, 3.8) is 0 Å².